The average molecular weight is 536 g/mol. The van der Waals surface area contributed by atoms with Gasteiger partial charge in [-0.25, -0.2) is 13.2 Å². The van der Waals surface area contributed by atoms with Gasteiger partial charge in [0.15, 0.2) is 0 Å². The highest BCUT2D eigenvalue weighted by molar-refractivity contribution is 7.92. The third-order valence-electron chi connectivity index (χ3n) is 6.07. The second kappa shape index (κ2) is 11.1. The molecule has 0 saturated carbocycles. The van der Waals surface area contributed by atoms with Crippen LogP contribution in [-0.4, -0.2) is 76.4 Å². The lowest BCUT2D eigenvalue weighted by Crippen LogP contribution is -2.35. The van der Waals surface area contributed by atoms with Crippen molar-refractivity contribution in [2.75, 3.05) is 50.2 Å². The molecule has 38 heavy (non-hydrogen) atoms. The minimum absolute atomic E-state index is 0.284. The number of benzene rings is 2. The van der Waals surface area contributed by atoms with E-state index in [1.807, 2.05) is 25.1 Å². The zero-order valence-electron chi connectivity index (χ0n) is 21.6. The van der Waals surface area contributed by atoms with Crippen molar-refractivity contribution in [3.63, 3.8) is 0 Å². The molecule has 2 heterocycles. The number of anilines is 2. The summed E-state index contributed by atoms with van der Waals surface area (Å²) in [6, 6.07) is 15.3. The van der Waals surface area contributed by atoms with Crippen molar-refractivity contribution in [3.8, 4) is 0 Å². The van der Waals surface area contributed by atoms with Crippen LogP contribution in [0, 0.1) is 0 Å². The fraction of sp³-hybridized carbons (Fsp3) is 0.259. The van der Waals surface area contributed by atoms with Gasteiger partial charge >= 0.3 is 5.97 Å². The van der Waals surface area contributed by atoms with Gasteiger partial charge in [0.25, 0.3) is 0 Å². The molecule has 0 saturated heterocycles. The summed E-state index contributed by atoms with van der Waals surface area (Å²) >= 11 is 0. The SMILES string of the molecule is COC(=O)c1ccc2c(c1)NC(=O)C2C(=Nc1ccc(N(CCN(C)C)S(C)(=O)=O)cc1)c1cccnc1. The zero-order valence-corrected chi connectivity index (χ0v) is 22.4. The van der Waals surface area contributed by atoms with E-state index in [0.29, 0.717) is 52.6 Å². The summed E-state index contributed by atoms with van der Waals surface area (Å²) < 4.78 is 30.9. The molecule has 0 spiro atoms. The van der Waals surface area contributed by atoms with Gasteiger partial charge in [-0.1, -0.05) is 12.1 Å². The summed E-state index contributed by atoms with van der Waals surface area (Å²) in [5.41, 5.74) is 3.71. The number of sulfonamides is 1. The number of likely N-dealkylation sites (N-methyl/N-ethyl adjacent to an activating group) is 1. The Morgan fingerprint density at radius 1 is 1.08 bits per heavy atom. The molecule has 2 aromatic carbocycles. The molecule has 0 aliphatic carbocycles. The van der Waals surface area contributed by atoms with Crippen LogP contribution < -0.4 is 9.62 Å². The van der Waals surface area contributed by atoms with Gasteiger partial charge in [0.05, 0.1) is 36.0 Å². The normalized spacial score (nSPS) is 15.2. The summed E-state index contributed by atoms with van der Waals surface area (Å²) in [6.45, 7) is 0.869. The highest BCUT2D eigenvalue weighted by Gasteiger charge is 2.36. The van der Waals surface area contributed by atoms with Crippen LogP contribution in [-0.2, 0) is 19.6 Å². The molecular formula is C27H29N5O5S. The molecular weight excluding hydrogens is 506 g/mol. The Kier molecular flexibility index (Phi) is 7.88. The van der Waals surface area contributed by atoms with Gasteiger partial charge in [0.1, 0.15) is 5.92 Å². The Morgan fingerprint density at radius 3 is 2.42 bits per heavy atom. The third-order valence-corrected chi connectivity index (χ3v) is 7.27. The van der Waals surface area contributed by atoms with E-state index in [1.54, 1.807) is 60.9 Å². The van der Waals surface area contributed by atoms with E-state index in [0.717, 1.165) is 0 Å². The standard InChI is InChI=1S/C27H29N5O5S/c1-31(2)14-15-32(38(4,35)36)21-10-8-20(9-11-21)29-25(19-6-5-13-28-17-19)24-22-12-7-18(27(34)37-3)16-23(22)30-26(24)33/h5-13,16-17,24H,14-15H2,1-4H3,(H,30,33). The minimum atomic E-state index is -3.48. The molecule has 1 aromatic heterocycles. The molecule has 11 heteroatoms. The van der Waals surface area contributed by atoms with Crippen molar-refractivity contribution < 1.29 is 22.7 Å². The number of methoxy groups -OCH3 is 1. The van der Waals surface area contributed by atoms with E-state index in [-0.39, 0.29) is 5.91 Å². The lowest BCUT2D eigenvalue weighted by atomic mass is 9.91. The fourth-order valence-electron chi connectivity index (χ4n) is 4.20. The molecule has 3 aromatic rings. The Morgan fingerprint density at radius 2 is 1.82 bits per heavy atom. The van der Waals surface area contributed by atoms with Crippen LogP contribution in [0.15, 0.2) is 72.0 Å². The predicted octanol–water partition coefficient (Wildman–Crippen LogP) is 3.05. The van der Waals surface area contributed by atoms with Gasteiger partial charge < -0.3 is 15.0 Å². The summed E-state index contributed by atoms with van der Waals surface area (Å²) in [5, 5.41) is 2.84. The van der Waals surface area contributed by atoms with E-state index in [4.69, 9.17) is 9.73 Å². The van der Waals surface area contributed by atoms with E-state index >= 15 is 0 Å². The number of aliphatic imine (C=N–C) groups is 1. The summed E-state index contributed by atoms with van der Waals surface area (Å²) in [4.78, 5) is 36.1. The van der Waals surface area contributed by atoms with Gasteiger partial charge in [-0.15, -0.1) is 0 Å². The van der Waals surface area contributed by atoms with Crippen LogP contribution in [0.3, 0.4) is 0 Å². The number of fused-ring (bicyclic) bond motifs is 1. The van der Waals surface area contributed by atoms with Gasteiger partial charge in [-0.2, -0.15) is 0 Å². The smallest absolute Gasteiger partial charge is 0.337 e. The first-order chi connectivity index (χ1) is 18.1. The highest BCUT2D eigenvalue weighted by atomic mass is 32.2. The number of esters is 1. The van der Waals surface area contributed by atoms with Crippen LogP contribution in [0.4, 0.5) is 17.1 Å². The Balaban J connectivity index is 1.74. The summed E-state index contributed by atoms with van der Waals surface area (Å²) in [5.74, 6) is -1.53. The van der Waals surface area contributed by atoms with Crippen LogP contribution in [0.2, 0.25) is 0 Å². The first-order valence-electron chi connectivity index (χ1n) is 11.8. The predicted molar refractivity (Wildman–Crippen MR) is 147 cm³/mol. The number of carbonyl (C=O) groups excluding carboxylic acids is 2. The zero-order chi connectivity index (χ0) is 27.4. The number of nitrogens with zero attached hydrogens (tertiary/aromatic N) is 4. The molecule has 1 atom stereocenters. The largest absolute Gasteiger partial charge is 0.465 e. The summed E-state index contributed by atoms with van der Waals surface area (Å²) in [7, 11) is 1.58. The molecule has 1 amide bonds. The van der Waals surface area contributed by atoms with Gasteiger partial charge in [-0.05, 0) is 62.1 Å². The molecule has 1 aliphatic rings. The van der Waals surface area contributed by atoms with E-state index < -0.39 is 21.9 Å². The number of carbonyl (C=O) groups is 2. The van der Waals surface area contributed by atoms with Crippen molar-refractivity contribution in [1.29, 1.82) is 0 Å². The molecule has 10 nitrogen and oxygen atoms in total. The van der Waals surface area contributed by atoms with Crippen molar-refractivity contribution in [3.05, 3.63) is 83.7 Å². The molecule has 0 radical (unpaired) electrons. The number of nitrogens with one attached hydrogen (secondary N) is 1. The Labute approximate surface area is 222 Å². The van der Waals surface area contributed by atoms with Crippen LogP contribution in [0.1, 0.15) is 27.4 Å². The number of pyridine rings is 1. The van der Waals surface area contributed by atoms with Gasteiger partial charge in [-0.3, -0.25) is 19.1 Å². The van der Waals surface area contributed by atoms with Crippen molar-refractivity contribution in [2.24, 2.45) is 4.99 Å². The molecule has 0 fully saturated rings. The first-order valence-corrected chi connectivity index (χ1v) is 13.7. The van der Waals surface area contributed by atoms with Gasteiger partial charge in [0.2, 0.25) is 15.9 Å². The molecule has 0 bridgehead atoms. The Hall–Kier alpha value is -4.09. The number of hydrogen-bond acceptors (Lipinski definition) is 8. The van der Waals surface area contributed by atoms with Crippen molar-refractivity contribution in [1.82, 2.24) is 9.88 Å². The highest BCUT2D eigenvalue weighted by Crippen LogP contribution is 2.37. The molecule has 198 valence electrons. The number of ether oxygens (including phenoxy) is 1. The number of aromatic nitrogens is 1. The lowest BCUT2D eigenvalue weighted by Gasteiger charge is -2.24. The molecule has 1 unspecified atom stereocenters. The van der Waals surface area contributed by atoms with E-state index in [9.17, 15) is 18.0 Å². The number of amides is 1. The second-order valence-corrected chi connectivity index (χ2v) is 11.0. The summed E-state index contributed by atoms with van der Waals surface area (Å²) in [6.07, 6.45) is 4.44. The minimum Gasteiger partial charge on any atom is -0.465 e. The van der Waals surface area contributed by atoms with Crippen molar-refractivity contribution >= 4 is 44.7 Å². The first kappa shape index (κ1) is 27.0. The second-order valence-electron chi connectivity index (χ2n) is 9.11. The van der Waals surface area contributed by atoms with Crippen molar-refractivity contribution in [2.45, 2.75) is 5.92 Å². The molecule has 4 rings (SSSR count). The van der Waals surface area contributed by atoms with Crippen LogP contribution >= 0.6 is 0 Å². The fourth-order valence-corrected chi connectivity index (χ4v) is 5.12. The van der Waals surface area contributed by atoms with E-state index in [1.165, 1.54) is 17.7 Å². The maximum absolute atomic E-state index is 13.2. The average Bonchev–Trinajstić information content (AvgIpc) is 3.21. The maximum Gasteiger partial charge on any atom is 0.337 e. The lowest BCUT2D eigenvalue weighted by molar-refractivity contribution is -0.115. The monoisotopic (exact) mass is 535 g/mol. The molecule has 1 N–H and O–H groups in total. The van der Waals surface area contributed by atoms with Crippen LogP contribution in [0.25, 0.3) is 0 Å². The topological polar surface area (TPSA) is 121 Å². The van der Waals surface area contributed by atoms with Gasteiger partial charge in [0, 0.05) is 36.7 Å². The molecule has 1 aliphatic heterocycles. The third kappa shape index (κ3) is 5.90. The van der Waals surface area contributed by atoms with Crippen LogP contribution in [0.5, 0.6) is 0 Å². The quantitative estimate of drug-likeness (QED) is 0.330. The Bertz CT molecular complexity index is 1470. The number of hydrogen-bond donors (Lipinski definition) is 1. The maximum atomic E-state index is 13.2. The number of rotatable bonds is 9. The van der Waals surface area contributed by atoms with E-state index in [2.05, 4.69) is 10.3 Å².